The highest BCUT2D eigenvalue weighted by atomic mass is 32.1. The third-order valence-corrected chi connectivity index (χ3v) is 2.19. The molecule has 0 aliphatic carbocycles. The van der Waals surface area contributed by atoms with Crippen molar-refractivity contribution in [1.29, 1.82) is 0 Å². The Bertz CT molecular complexity index is 469. The molecule has 1 aromatic rings. The van der Waals surface area contributed by atoms with Crippen LogP contribution in [-0.4, -0.2) is 12.0 Å². The predicted octanol–water partition coefficient (Wildman–Crippen LogP) is 3.19. The van der Waals surface area contributed by atoms with Crippen LogP contribution in [0, 0.1) is 11.8 Å². The molecule has 0 aliphatic rings. The van der Waals surface area contributed by atoms with Crippen LogP contribution >= 0.6 is 12.6 Å². The number of hydrogen-bond donors (Lipinski definition) is 1. The summed E-state index contributed by atoms with van der Waals surface area (Å²) in [6.45, 7) is 0. The van der Waals surface area contributed by atoms with Gasteiger partial charge >= 0.3 is 6.18 Å². The van der Waals surface area contributed by atoms with Gasteiger partial charge in [-0.15, -0.1) is 0 Å². The summed E-state index contributed by atoms with van der Waals surface area (Å²) >= 11 is 3.93. The number of alkyl halides is 3. The van der Waals surface area contributed by atoms with Crippen molar-refractivity contribution in [3.05, 3.63) is 34.9 Å². The average molecular weight is 258 g/mol. The van der Waals surface area contributed by atoms with Crippen LogP contribution in [0.2, 0.25) is 0 Å². The Morgan fingerprint density at radius 2 is 2.06 bits per heavy atom. The largest absolute Gasteiger partial charge is 0.416 e. The Kier molecular flexibility index (Phi) is 4.64. The zero-order valence-electron chi connectivity index (χ0n) is 8.71. The Morgan fingerprint density at radius 3 is 2.59 bits per heavy atom. The van der Waals surface area contributed by atoms with Crippen LogP contribution in [0.5, 0.6) is 0 Å². The van der Waals surface area contributed by atoms with Crippen molar-refractivity contribution in [2.75, 3.05) is 5.75 Å². The van der Waals surface area contributed by atoms with E-state index >= 15 is 0 Å². The maximum Gasteiger partial charge on any atom is 0.416 e. The molecule has 0 heterocycles. The van der Waals surface area contributed by atoms with Gasteiger partial charge in [0.2, 0.25) is 0 Å². The third kappa shape index (κ3) is 3.82. The molecule has 0 bridgehead atoms. The van der Waals surface area contributed by atoms with Crippen LogP contribution in [-0.2, 0) is 6.18 Å². The summed E-state index contributed by atoms with van der Waals surface area (Å²) in [5.41, 5.74) is -0.556. The van der Waals surface area contributed by atoms with Crippen LogP contribution < -0.4 is 0 Å². The minimum Gasteiger partial charge on any atom is -0.298 e. The lowest BCUT2D eigenvalue weighted by Crippen LogP contribution is -2.05. The zero-order valence-corrected chi connectivity index (χ0v) is 9.61. The van der Waals surface area contributed by atoms with Gasteiger partial charge in [-0.2, -0.15) is 25.8 Å². The van der Waals surface area contributed by atoms with E-state index in [4.69, 9.17) is 0 Å². The molecule has 90 valence electrons. The van der Waals surface area contributed by atoms with Crippen LogP contribution in [0.3, 0.4) is 0 Å². The van der Waals surface area contributed by atoms with Gasteiger partial charge in [-0.25, -0.2) is 0 Å². The lowest BCUT2D eigenvalue weighted by atomic mass is 10.0. The number of rotatable bonds is 2. The molecule has 0 fully saturated rings. The highest BCUT2D eigenvalue weighted by Crippen LogP contribution is 2.30. The maximum atomic E-state index is 12.4. The first-order chi connectivity index (χ1) is 7.99. The van der Waals surface area contributed by atoms with Crippen molar-refractivity contribution in [3.8, 4) is 11.8 Å². The SMILES string of the molecule is O=Cc1ccc(C(F)(F)F)cc1C#CCCS. The molecule has 1 nitrogen and oxygen atoms in total. The first-order valence-corrected chi connectivity index (χ1v) is 5.38. The van der Waals surface area contributed by atoms with Crippen molar-refractivity contribution in [3.63, 3.8) is 0 Å². The van der Waals surface area contributed by atoms with Gasteiger partial charge < -0.3 is 0 Å². The van der Waals surface area contributed by atoms with Crippen molar-refractivity contribution < 1.29 is 18.0 Å². The molecule has 0 amide bonds. The van der Waals surface area contributed by atoms with E-state index in [2.05, 4.69) is 24.5 Å². The van der Waals surface area contributed by atoms with Gasteiger partial charge in [0.25, 0.3) is 0 Å². The van der Waals surface area contributed by atoms with Gasteiger partial charge in [0.05, 0.1) is 5.56 Å². The Labute approximate surface area is 102 Å². The first kappa shape index (κ1) is 13.7. The second-order valence-corrected chi connectivity index (χ2v) is 3.64. The Balaban J connectivity index is 3.17. The van der Waals surface area contributed by atoms with Crippen molar-refractivity contribution in [1.82, 2.24) is 0 Å². The highest BCUT2D eigenvalue weighted by Gasteiger charge is 2.30. The molecular formula is C12H9F3OS. The smallest absolute Gasteiger partial charge is 0.298 e. The standard InChI is InChI=1S/C12H9F3OS/c13-12(14,15)11-5-4-10(8-16)9(7-11)3-1-2-6-17/h4-5,7-8,17H,2,6H2. The van der Waals surface area contributed by atoms with E-state index in [1.54, 1.807) is 0 Å². The molecule has 1 aromatic carbocycles. The van der Waals surface area contributed by atoms with Crippen LogP contribution in [0.25, 0.3) is 0 Å². The van der Waals surface area contributed by atoms with Crippen molar-refractivity contribution >= 4 is 18.9 Å². The number of carbonyl (C=O) groups is 1. The number of benzene rings is 1. The van der Waals surface area contributed by atoms with E-state index in [9.17, 15) is 18.0 Å². The van der Waals surface area contributed by atoms with Crippen molar-refractivity contribution in [2.45, 2.75) is 12.6 Å². The Morgan fingerprint density at radius 1 is 1.35 bits per heavy atom. The van der Waals surface area contributed by atoms with Gasteiger partial charge in [-0.3, -0.25) is 4.79 Å². The topological polar surface area (TPSA) is 17.1 Å². The molecule has 0 atom stereocenters. The summed E-state index contributed by atoms with van der Waals surface area (Å²) in [4.78, 5) is 10.7. The number of halogens is 3. The monoisotopic (exact) mass is 258 g/mol. The molecule has 0 N–H and O–H groups in total. The summed E-state index contributed by atoms with van der Waals surface area (Å²) < 4.78 is 37.3. The first-order valence-electron chi connectivity index (χ1n) is 4.75. The quantitative estimate of drug-likeness (QED) is 0.490. The number of thiol groups is 1. The summed E-state index contributed by atoms with van der Waals surface area (Å²) in [5.74, 6) is 5.72. The maximum absolute atomic E-state index is 12.4. The van der Waals surface area contributed by atoms with Crippen LogP contribution in [0.1, 0.15) is 27.9 Å². The molecule has 0 aliphatic heterocycles. The Hall–Kier alpha value is -1.41. The highest BCUT2D eigenvalue weighted by molar-refractivity contribution is 7.80. The van der Waals surface area contributed by atoms with E-state index in [-0.39, 0.29) is 11.1 Å². The second kappa shape index (κ2) is 5.78. The number of hydrogen-bond acceptors (Lipinski definition) is 2. The van der Waals surface area contributed by atoms with Crippen molar-refractivity contribution in [2.24, 2.45) is 0 Å². The molecule has 0 saturated carbocycles. The van der Waals surface area contributed by atoms with Gasteiger partial charge in [0.15, 0.2) is 6.29 Å². The molecule has 0 radical (unpaired) electrons. The zero-order chi connectivity index (χ0) is 12.9. The van der Waals surface area contributed by atoms with Gasteiger partial charge in [-0.05, 0) is 18.2 Å². The second-order valence-electron chi connectivity index (χ2n) is 3.19. The fourth-order valence-corrected chi connectivity index (χ4v) is 1.27. The van der Waals surface area contributed by atoms with E-state index < -0.39 is 11.7 Å². The van der Waals surface area contributed by atoms with Gasteiger partial charge in [0.1, 0.15) is 0 Å². The molecule has 0 aromatic heterocycles. The van der Waals surface area contributed by atoms with E-state index in [1.807, 2.05) is 0 Å². The fraction of sp³-hybridized carbons (Fsp3) is 0.250. The van der Waals surface area contributed by atoms with E-state index in [0.29, 0.717) is 18.5 Å². The summed E-state index contributed by atoms with van der Waals surface area (Å²) in [7, 11) is 0. The molecular weight excluding hydrogens is 249 g/mol. The normalized spacial score (nSPS) is 10.6. The third-order valence-electron chi connectivity index (χ3n) is 1.97. The fourth-order valence-electron chi connectivity index (χ4n) is 1.16. The molecule has 0 saturated heterocycles. The number of carbonyl (C=O) groups excluding carboxylic acids is 1. The average Bonchev–Trinajstić information content (AvgIpc) is 2.28. The summed E-state index contributed by atoms with van der Waals surface area (Å²) in [5, 5.41) is 0. The minimum atomic E-state index is -4.43. The van der Waals surface area contributed by atoms with Crippen LogP contribution in [0.15, 0.2) is 18.2 Å². The van der Waals surface area contributed by atoms with Gasteiger partial charge in [-0.1, -0.05) is 11.8 Å². The molecule has 0 spiro atoms. The van der Waals surface area contributed by atoms with E-state index in [0.717, 1.165) is 18.2 Å². The lowest BCUT2D eigenvalue weighted by molar-refractivity contribution is -0.137. The van der Waals surface area contributed by atoms with Crippen LogP contribution in [0.4, 0.5) is 13.2 Å². The predicted molar refractivity (Wildman–Crippen MR) is 62.2 cm³/mol. The van der Waals surface area contributed by atoms with E-state index in [1.165, 1.54) is 0 Å². The van der Waals surface area contributed by atoms with Gasteiger partial charge in [0, 0.05) is 23.3 Å². The molecule has 5 heteroatoms. The summed E-state index contributed by atoms with van der Waals surface area (Å²) in [6, 6.07) is 2.88. The number of aldehydes is 1. The molecule has 1 rings (SSSR count). The molecule has 17 heavy (non-hydrogen) atoms. The summed E-state index contributed by atoms with van der Waals surface area (Å²) in [6.07, 6.45) is -3.48. The molecule has 0 unspecified atom stereocenters. The lowest BCUT2D eigenvalue weighted by Gasteiger charge is -2.07. The minimum absolute atomic E-state index is 0.0941.